The zero-order valence-corrected chi connectivity index (χ0v) is 18.4. The number of β-amino-alcohol motifs (C(OH)–C–C–N with tert-alkyl or cyclic N) is 1. The van der Waals surface area contributed by atoms with Crippen LogP contribution in [-0.4, -0.2) is 74.7 Å². The van der Waals surface area contributed by atoms with Gasteiger partial charge in [0.1, 0.15) is 12.1 Å². The predicted molar refractivity (Wildman–Crippen MR) is 116 cm³/mol. The lowest BCUT2D eigenvalue weighted by molar-refractivity contribution is -0.141. The number of hydrogen-bond acceptors (Lipinski definition) is 6. The number of carbonyl (C=O) groups is 3. The van der Waals surface area contributed by atoms with Crippen LogP contribution in [0.25, 0.3) is 10.4 Å². The van der Waals surface area contributed by atoms with Crippen LogP contribution in [-0.2, 0) is 16.1 Å². The minimum Gasteiger partial charge on any atom is -0.465 e. The molecule has 166 valence electrons. The number of carbonyl (C=O) groups excluding carboxylic acids is 2. The lowest BCUT2D eigenvalue weighted by Crippen LogP contribution is -2.52. The van der Waals surface area contributed by atoms with Gasteiger partial charge in [-0.05, 0) is 25.0 Å². The fourth-order valence-corrected chi connectivity index (χ4v) is 4.35. The summed E-state index contributed by atoms with van der Waals surface area (Å²) in [6.07, 6.45) is -1.95. The van der Waals surface area contributed by atoms with Gasteiger partial charge >= 0.3 is 6.09 Å². The molecule has 1 aliphatic rings. The van der Waals surface area contributed by atoms with Crippen molar-refractivity contribution in [2.75, 3.05) is 13.6 Å². The van der Waals surface area contributed by atoms with E-state index in [4.69, 9.17) is 5.11 Å². The van der Waals surface area contributed by atoms with E-state index in [1.165, 1.54) is 18.9 Å². The number of aliphatic hydroxyl groups excluding tert-OH is 1. The highest BCUT2D eigenvalue weighted by molar-refractivity contribution is 7.13. The Hall–Kier alpha value is -2.98. The maximum Gasteiger partial charge on any atom is 0.407 e. The van der Waals surface area contributed by atoms with Gasteiger partial charge in [0.15, 0.2) is 0 Å². The molecule has 3 rings (SSSR count). The Kier molecular flexibility index (Phi) is 6.91. The molecule has 1 aliphatic heterocycles. The molecular weight excluding hydrogens is 420 g/mol. The van der Waals surface area contributed by atoms with E-state index < -0.39 is 30.2 Å². The number of nitrogens with zero attached hydrogens (tertiary/aromatic N) is 3. The van der Waals surface area contributed by atoms with E-state index in [-0.39, 0.29) is 25.4 Å². The van der Waals surface area contributed by atoms with Gasteiger partial charge in [-0.2, -0.15) is 0 Å². The summed E-state index contributed by atoms with van der Waals surface area (Å²) in [7, 11) is 1.30. The number of amides is 3. The summed E-state index contributed by atoms with van der Waals surface area (Å²) in [6, 6.07) is 5.99. The highest BCUT2D eigenvalue weighted by Gasteiger charge is 2.41. The number of aliphatic hydroxyl groups is 1. The van der Waals surface area contributed by atoms with Crippen molar-refractivity contribution in [1.29, 1.82) is 0 Å². The Balaban J connectivity index is 1.63. The number of rotatable bonds is 6. The van der Waals surface area contributed by atoms with Crippen molar-refractivity contribution in [3.05, 3.63) is 41.0 Å². The van der Waals surface area contributed by atoms with Crippen LogP contribution in [0.15, 0.2) is 29.8 Å². The van der Waals surface area contributed by atoms with Crippen LogP contribution < -0.4 is 5.32 Å². The van der Waals surface area contributed by atoms with Crippen molar-refractivity contribution in [3.8, 4) is 10.4 Å². The lowest BCUT2D eigenvalue weighted by Gasteiger charge is -2.29. The molecule has 0 saturated carbocycles. The second-order valence-electron chi connectivity index (χ2n) is 7.65. The third-order valence-corrected chi connectivity index (χ3v) is 6.51. The number of hydrogen-bond donors (Lipinski definition) is 3. The Morgan fingerprint density at radius 2 is 2.00 bits per heavy atom. The van der Waals surface area contributed by atoms with Gasteiger partial charge in [0, 0.05) is 26.6 Å². The normalized spacial score (nSPS) is 19.2. The Labute approximate surface area is 184 Å². The van der Waals surface area contributed by atoms with Gasteiger partial charge in [-0.1, -0.05) is 24.3 Å². The Morgan fingerprint density at radius 3 is 2.58 bits per heavy atom. The topological polar surface area (TPSA) is 123 Å². The van der Waals surface area contributed by atoms with E-state index in [9.17, 15) is 19.5 Å². The molecule has 3 amide bonds. The van der Waals surface area contributed by atoms with Crippen molar-refractivity contribution < 1.29 is 24.6 Å². The number of likely N-dealkylation sites (tertiary alicyclic amines) is 1. The van der Waals surface area contributed by atoms with Gasteiger partial charge in [-0.15, -0.1) is 11.3 Å². The predicted octanol–water partition coefficient (Wildman–Crippen LogP) is 1.69. The summed E-state index contributed by atoms with van der Waals surface area (Å²) >= 11 is 1.57. The maximum absolute atomic E-state index is 12.8. The van der Waals surface area contributed by atoms with E-state index >= 15 is 0 Å². The third kappa shape index (κ3) is 5.02. The molecule has 0 radical (unpaired) electrons. The number of nitrogens with one attached hydrogen (secondary N) is 1. The van der Waals surface area contributed by atoms with Crippen LogP contribution in [0.5, 0.6) is 0 Å². The largest absolute Gasteiger partial charge is 0.465 e. The van der Waals surface area contributed by atoms with Crippen molar-refractivity contribution in [2.45, 2.75) is 45.0 Å². The first kappa shape index (κ1) is 22.7. The molecule has 0 spiro atoms. The Bertz CT molecular complexity index is 961. The van der Waals surface area contributed by atoms with Crippen molar-refractivity contribution in [2.24, 2.45) is 0 Å². The smallest absolute Gasteiger partial charge is 0.407 e. The molecule has 1 unspecified atom stereocenters. The molecule has 1 saturated heterocycles. The van der Waals surface area contributed by atoms with Crippen molar-refractivity contribution in [3.63, 3.8) is 0 Å². The SMILES string of the molecule is Cc1ncsc1-c1ccc(CNC(=O)[C@H]2C[C@H](O)CN2C(=O)C(C)N(C)C(=O)O)cc1. The molecule has 3 N–H and O–H groups in total. The number of thiazole rings is 1. The van der Waals surface area contributed by atoms with E-state index in [1.54, 1.807) is 16.8 Å². The van der Waals surface area contributed by atoms with Crippen LogP contribution in [0.3, 0.4) is 0 Å². The number of aryl methyl sites for hydroxylation is 1. The molecule has 1 aromatic heterocycles. The molecule has 1 fully saturated rings. The molecule has 0 aliphatic carbocycles. The van der Waals surface area contributed by atoms with Gasteiger partial charge < -0.3 is 20.4 Å². The quantitative estimate of drug-likeness (QED) is 0.621. The standard InChI is InChI=1S/C21H26N4O5S/c1-12-18(31-11-23-12)15-6-4-14(5-7-15)9-22-19(27)17-8-16(26)10-25(17)20(28)13(2)24(3)21(29)30/h4-7,11,13,16-17,26H,8-10H2,1-3H3,(H,22,27)(H,29,30)/t13?,16-,17+/m0/s1. The molecule has 31 heavy (non-hydrogen) atoms. The van der Waals surface area contributed by atoms with Gasteiger partial charge in [-0.25, -0.2) is 9.78 Å². The number of likely N-dealkylation sites (N-methyl/N-ethyl adjacent to an activating group) is 1. The van der Waals surface area contributed by atoms with Gasteiger partial charge in [-0.3, -0.25) is 14.5 Å². The summed E-state index contributed by atoms with van der Waals surface area (Å²) in [4.78, 5) is 44.1. The molecule has 3 atom stereocenters. The Morgan fingerprint density at radius 1 is 1.32 bits per heavy atom. The highest BCUT2D eigenvalue weighted by Crippen LogP contribution is 2.27. The van der Waals surface area contributed by atoms with E-state index in [0.717, 1.165) is 26.6 Å². The second-order valence-corrected chi connectivity index (χ2v) is 8.50. The summed E-state index contributed by atoms with van der Waals surface area (Å²) in [6.45, 7) is 3.69. The molecule has 2 aromatic rings. The average Bonchev–Trinajstić information content (AvgIpc) is 3.36. The summed E-state index contributed by atoms with van der Waals surface area (Å²) in [5.74, 6) is -0.886. The first-order valence-electron chi connectivity index (χ1n) is 9.90. The fourth-order valence-electron chi connectivity index (χ4n) is 3.54. The number of aromatic nitrogens is 1. The first-order chi connectivity index (χ1) is 14.7. The van der Waals surface area contributed by atoms with Crippen molar-refractivity contribution >= 4 is 29.2 Å². The van der Waals surface area contributed by atoms with Gasteiger partial charge in [0.2, 0.25) is 11.8 Å². The zero-order valence-electron chi connectivity index (χ0n) is 17.6. The number of carboxylic acid groups (broad SMARTS) is 1. The second kappa shape index (κ2) is 9.44. The minimum atomic E-state index is -1.24. The van der Waals surface area contributed by atoms with Gasteiger partial charge in [0.05, 0.1) is 22.2 Å². The third-order valence-electron chi connectivity index (χ3n) is 5.53. The van der Waals surface area contributed by atoms with Crippen LogP contribution in [0.1, 0.15) is 24.6 Å². The minimum absolute atomic E-state index is 0.00236. The zero-order chi connectivity index (χ0) is 22.7. The van der Waals surface area contributed by atoms with Crippen LogP contribution in [0.4, 0.5) is 4.79 Å². The summed E-state index contributed by atoms with van der Waals surface area (Å²) in [5.41, 5.74) is 4.73. The van der Waals surface area contributed by atoms with Crippen LogP contribution >= 0.6 is 11.3 Å². The van der Waals surface area contributed by atoms with E-state index in [0.29, 0.717) is 0 Å². The molecule has 9 nitrogen and oxygen atoms in total. The van der Waals surface area contributed by atoms with Gasteiger partial charge in [0.25, 0.3) is 0 Å². The molecular formula is C21H26N4O5S. The lowest BCUT2D eigenvalue weighted by atomic mass is 10.1. The van der Waals surface area contributed by atoms with E-state index in [1.807, 2.05) is 31.2 Å². The van der Waals surface area contributed by atoms with Crippen molar-refractivity contribution in [1.82, 2.24) is 20.1 Å². The monoisotopic (exact) mass is 446 g/mol. The first-order valence-corrected chi connectivity index (χ1v) is 10.8. The maximum atomic E-state index is 12.8. The van der Waals surface area contributed by atoms with E-state index in [2.05, 4.69) is 10.3 Å². The highest BCUT2D eigenvalue weighted by atomic mass is 32.1. The van der Waals surface area contributed by atoms with Crippen LogP contribution in [0, 0.1) is 6.92 Å². The molecule has 10 heteroatoms. The fraction of sp³-hybridized carbons (Fsp3) is 0.429. The average molecular weight is 447 g/mol. The van der Waals surface area contributed by atoms with Crippen LogP contribution in [0.2, 0.25) is 0 Å². The molecule has 0 bridgehead atoms. The summed E-state index contributed by atoms with van der Waals surface area (Å²) < 4.78 is 0. The molecule has 2 heterocycles. The summed E-state index contributed by atoms with van der Waals surface area (Å²) in [5, 5.41) is 21.9. The number of benzene rings is 1. The molecule has 1 aromatic carbocycles.